The Hall–Kier alpha value is -2.53. The van der Waals surface area contributed by atoms with Gasteiger partial charge in [-0.2, -0.15) is 0 Å². The van der Waals surface area contributed by atoms with Crippen LogP contribution in [0.15, 0.2) is 40.8 Å². The van der Waals surface area contributed by atoms with Gasteiger partial charge >= 0.3 is 0 Å². The first-order valence-corrected chi connectivity index (χ1v) is 9.71. The van der Waals surface area contributed by atoms with Crippen LogP contribution in [-0.4, -0.2) is 29.0 Å². The van der Waals surface area contributed by atoms with Gasteiger partial charge in [-0.15, -0.1) is 0 Å². The first-order chi connectivity index (χ1) is 13.1. The summed E-state index contributed by atoms with van der Waals surface area (Å²) in [6.07, 6.45) is 2.26. The van der Waals surface area contributed by atoms with Crippen LogP contribution in [0.3, 0.4) is 0 Å². The summed E-state index contributed by atoms with van der Waals surface area (Å²) in [6.45, 7) is 6.69. The zero-order valence-corrected chi connectivity index (χ0v) is 16.1. The van der Waals surface area contributed by atoms with E-state index < -0.39 is 6.23 Å². The number of nitrogens with zero attached hydrogens (tertiary/aromatic N) is 2. The van der Waals surface area contributed by atoms with E-state index in [0.29, 0.717) is 12.5 Å². The Balaban J connectivity index is 1.87. The lowest BCUT2D eigenvalue weighted by molar-refractivity contribution is 0.174. The maximum Gasteiger partial charge on any atom is 0.231 e. The van der Waals surface area contributed by atoms with E-state index in [0.717, 1.165) is 52.9 Å². The molecule has 1 aliphatic rings. The van der Waals surface area contributed by atoms with E-state index >= 15 is 0 Å². The van der Waals surface area contributed by atoms with Crippen molar-refractivity contribution in [2.75, 3.05) is 11.5 Å². The van der Waals surface area contributed by atoms with Gasteiger partial charge in [0.25, 0.3) is 0 Å². The number of aliphatic hydroxyl groups is 1. The highest BCUT2D eigenvalue weighted by Crippen LogP contribution is 2.43. The van der Waals surface area contributed by atoms with Gasteiger partial charge in [-0.1, -0.05) is 19.1 Å². The number of fused-ring (bicyclic) bond motifs is 2. The van der Waals surface area contributed by atoms with Crippen LogP contribution < -0.4 is 9.64 Å². The molecule has 27 heavy (non-hydrogen) atoms. The lowest BCUT2D eigenvalue weighted by atomic mass is 9.93. The molecule has 1 aromatic heterocycles. The Bertz CT molecular complexity index is 915. The normalized spacial score (nSPS) is 17.8. The average Bonchev–Trinajstić information content (AvgIpc) is 3.09. The average molecular weight is 366 g/mol. The van der Waals surface area contributed by atoms with E-state index in [1.54, 1.807) is 0 Å². The molecule has 0 aliphatic carbocycles. The molecule has 1 unspecified atom stereocenters. The quantitative estimate of drug-likeness (QED) is 0.705. The fourth-order valence-electron chi connectivity index (χ4n) is 3.93. The molecule has 2 atom stereocenters. The van der Waals surface area contributed by atoms with Crippen LogP contribution in [-0.2, 0) is 6.42 Å². The minimum atomic E-state index is -0.548. The summed E-state index contributed by atoms with van der Waals surface area (Å²) in [6, 6.07) is 12.1. The number of hydrogen-bond donors (Lipinski definition) is 1. The van der Waals surface area contributed by atoms with Gasteiger partial charge in [-0.3, -0.25) is 0 Å². The van der Waals surface area contributed by atoms with Gasteiger partial charge in [0.1, 0.15) is 17.5 Å². The van der Waals surface area contributed by atoms with Crippen molar-refractivity contribution in [2.45, 2.75) is 52.3 Å². The largest absolute Gasteiger partial charge is 0.492 e. The van der Waals surface area contributed by atoms with Gasteiger partial charge in [0.2, 0.25) is 5.89 Å². The Kier molecular flexibility index (Phi) is 4.79. The van der Waals surface area contributed by atoms with Crippen LogP contribution in [0.5, 0.6) is 5.75 Å². The minimum absolute atomic E-state index is 0.284. The van der Waals surface area contributed by atoms with Crippen molar-refractivity contribution in [1.82, 2.24) is 4.98 Å². The predicted molar refractivity (Wildman–Crippen MR) is 107 cm³/mol. The second kappa shape index (κ2) is 7.24. The molecular formula is C22H26N2O3. The SMILES string of the molecule is CCCOc1c(-c2nc3ccccc3o2)ccc2c1CC[C@H](C)N2C(C)O. The standard InChI is InChI=1S/C22H26N2O3/c1-4-13-26-21-16-10-9-14(2)24(15(3)25)19(16)12-11-17(21)22-23-18-7-5-6-8-20(18)27-22/h5-8,11-12,14-15,25H,4,9-10,13H2,1-3H3/t14-,15?/m0/s1. The number of aromatic nitrogens is 1. The van der Waals surface area contributed by atoms with Crippen molar-refractivity contribution in [2.24, 2.45) is 0 Å². The molecule has 0 fully saturated rings. The third-order valence-electron chi connectivity index (χ3n) is 5.18. The van der Waals surface area contributed by atoms with Gasteiger partial charge in [0.05, 0.1) is 12.2 Å². The molecule has 0 saturated carbocycles. The fraction of sp³-hybridized carbons (Fsp3) is 0.409. The number of aliphatic hydroxyl groups excluding tert-OH is 1. The summed E-state index contributed by atoms with van der Waals surface area (Å²) in [5, 5.41) is 10.3. The van der Waals surface area contributed by atoms with Gasteiger partial charge in [-0.05, 0) is 57.4 Å². The molecule has 4 rings (SSSR count). The van der Waals surface area contributed by atoms with Crippen molar-refractivity contribution < 1.29 is 14.3 Å². The van der Waals surface area contributed by atoms with Gasteiger partial charge in [0.15, 0.2) is 5.58 Å². The van der Waals surface area contributed by atoms with Crippen LogP contribution >= 0.6 is 0 Å². The maximum atomic E-state index is 10.3. The Morgan fingerprint density at radius 3 is 2.85 bits per heavy atom. The third kappa shape index (κ3) is 3.16. The summed E-state index contributed by atoms with van der Waals surface area (Å²) < 4.78 is 12.2. The highest BCUT2D eigenvalue weighted by Gasteiger charge is 2.30. The van der Waals surface area contributed by atoms with Crippen molar-refractivity contribution >= 4 is 16.8 Å². The highest BCUT2D eigenvalue weighted by atomic mass is 16.5. The van der Waals surface area contributed by atoms with Crippen molar-refractivity contribution in [3.63, 3.8) is 0 Å². The first-order valence-electron chi connectivity index (χ1n) is 9.71. The van der Waals surface area contributed by atoms with E-state index in [9.17, 15) is 5.11 Å². The molecule has 0 radical (unpaired) electrons. The second-order valence-electron chi connectivity index (χ2n) is 7.20. The topological polar surface area (TPSA) is 58.7 Å². The van der Waals surface area contributed by atoms with Crippen LogP contribution in [0.4, 0.5) is 5.69 Å². The van der Waals surface area contributed by atoms with Crippen molar-refractivity contribution in [1.29, 1.82) is 0 Å². The summed E-state index contributed by atoms with van der Waals surface area (Å²) in [7, 11) is 0. The van der Waals surface area contributed by atoms with E-state index in [4.69, 9.17) is 9.15 Å². The molecule has 0 amide bonds. The molecule has 142 valence electrons. The highest BCUT2D eigenvalue weighted by molar-refractivity contribution is 5.80. The predicted octanol–water partition coefficient (Wildman–Crippen LogP) is 4.76. The van der Waals surface area contributed by atoms with Crippen molar-refractivity contribution in [3.8, 4) is 17.2 Å². The summed E-state index contributed by atoms with van der Waals surface area (Å²) >= 11 is 0. The second-order valence-corrected chi connectivity index (χ2v) is 7.20. The number of rotatable bonds is 5. The Morgan fingerprint density at radius 2 is 2.11 bits per heavy atom. The van der Waals surface area contributed by atoms with Gasteiger partial charge in [0, 0.05) is 17.3 Å². The molecule has 3 aromatic rings. The molecule has 0 spiro atoms. The molecule has 2 aromatic carbocycles. The van der Waals surface area contributed by atoms with E-state index in [1.165, 1.54) is 0 Å². The number of para-hydroxylation sites is 2. The summed E-state index contributed by atoms with van der Waals surface area (Å²) in [4.78, 5) is 6.72. The zero-order chi connectivity index (χ0) is 19.0. The van der Waals surface area contributed by atoms with Crippen molar-refractivity contribution in [3.05, 3.63) is 42.0 Å². The number of oxazole rings is 1. The van der Waals surface area contributed by atoms with E-state index in [-0.39, 0.29) is 6.04 Å². The zero-order valence-electron chi connectivity index (χ0n) is 16.1. The number of ether oxygens (including phenoxy) is 1. The van der Waals surface area contributed by atoms with Gasteiger partial charge in [-0.25, -0.2) is 4.98 Å². The molecule has 0 saturated heterocycles. The summed E-state index contributed by atoms with van der Waals surface area (Å²) in [5.41, 5.74) is 4.65. The van der Waals surface area contributed by atoms with E-state index in [1.807, 2.05) is 37.3 Å². The van der Waals surface area contributed by atoms with E-state index in [2.05, 4.69) is 29.8 Å². The van der Waals surface area contributed by atoms with Crippen LogP contribution in [0.1, 0.15) is 39.2 Å². The smallest absolute Gasteiger partial charge is 0.231 e. The van der Waals surface area contributed by atoms with Crippen LogP contribution in [0, 0.1) is 0 Å². The van der Waals surface area contributed by atoms with Crippen LogP contribution in [0.25, 0.3) is 22.6 Å². The Morgan fingerprint density at radius 1 is 1.30 bits per heavy atom. The molecular weight excluding hydrogens is 340 g/mol. The van der Waals surface area contributed by atoms with Gasteiger partial charge < -0.3 is 19.2 Å². The third-order valence-corrected chi connectivity index (χ3v) is 5.18. The number of hydrogen-bond acceptors (Lipinski definition) is 5. The number of benzene rings is 2. The Labute approximate surface area is 159 Å². The molecule has 1 N–H and O–H groups in total. The lowest BCUT2D eigenvalue weighted by Crippen LogP contribution is -2.43. The molecule has 1 aliphatic heterocycles. The number of anilines is 1. The molecule has 5 nitrogen and oxygen atoms in total. The fourth-order valence-corrected chi connectivity index (χ4v) is 3.93. The maximum absolute atomic E-state index is 10.3. The molecule has 5 heteroatoms. The summed E-state index contributed by atoms with van der Waals surface area (Å²) in [5.74, 6) is 1.41. The minimum Gasteiger partial charge on any atom is -0.492 e. The van der Waals surface area contributed by atoms with Crippen LogP contribution in [0.2, 0.25) is 0 Å². The molecule has 2 heterocycles. The monoisotopic (exact) mass is 366 g/mol. The lowest BCUT2D eigenvalue weighted by Gasteiger charge is -2.39. The molecule has 0 bridgehead atoms. The first kappa shape index (κ1) is 17.9.